The highest BCUT2D eigenvalue weighted by molar-refractivity contribution is 14.0. The molecule has 142 valence electrons. The van der Waals surface area contributed by atoms with Crippen molar-refractivity contribution in [2.45, 2.75) is 19.9 Å². The van der Waals surface area contributed by atoms with Crippen LogP contribution in [0, 0.1) is 6.92 Å². The van der Waals surface area contributed by atoms with Crippen LogP contribution >= 0.6 is 35.3 Å². The Balaban J connectivity index is 0.00000338. The SMILES string of the molecule is CN=C(NCCc1ccc(OCC(N)=O)cc1)NCc1ccc(C)s1.I. The number of benzene rings is 1. The van der Waals surface area contributed by atoms with Crippen molar-refractivity contribution in [2.75, 3.05) is 20.2 Å². The topological polar surface area (TPSA) is 88.7 Å². The standard InChI is InChI=1S/C18H24N4O2S.HI/c1-13-3-8-16(25-13)11-22-18(20-2)21-10-9-14-4-6-15(7-5-14)24-12-17(19)23;/h3-8H,9-12H2,1-2H3,(H2,19,23)(H2,20,21,22);1H. The van der Waals surface area contributed by atoms with Gasteiger partial charge in [-0.15, -0.1) is 35.3 Å². The zero-order valence-corrected chi connectivity index (χ0v) is 18.1. The van der Waals surface area contributed by atoms with Crippen LogP contribution in [0.5, 0.6) is 5.75 Å². The van der Waals surface area contributed by atoms with Crippen molar-refractivity contribution in [3.63, 3.8) is 0 Å². The number of aryl methyl sites for hydroxylation is 1. The molecule has 0 saturated carbocycles. The second-order valence-corrected chi connectivity index (χ2v) is 6.89. The number of amides is 1. The average Bonchev–Trinajstić information content (AvgIpc) is 3.02. The Kier molecular flexibility index (Phi) is 10.0. The molecule has 0 atom stereocenters. The van der Waals surface area contributed by atoms with Gasteiger partial charge in [0.15, 0.2) is 12.6 Å². The maximum Gasteiger partial charge on any atom is 0.255 e. The largest absolute Gasteiger partial charge is 0.484 e. The van der Waals surface area contributed by atoms with E-state index in [1.807, 2.05) is 24.3 Å². The minimum absolute atomic E-state index is 0. The minimum atomic E-state index is -0.482. The molecule has 2 rings (SSSR count). The Morgan fingerprint density at radius 3 is 2.50 bits per heavy atom. The molecule has 0 spiro atoms. The van der Waals surface area contributed by atoms with Crippen molar-refractivity contribution in [2.24, 2.45) is 10.7 Å². The Labute approximate surface area is 175 Å². The smallest absolute Gasteiger partial charge is 0.255 e. The van der Waals surface area contributed by atoms with E-state index >= 15 is 0 Å². The molecule has 0 fully saturated rings. The third-order valence-corrected chi connectivity index (χ3v) is 4.46. The molecule has 8 heteroatoms. The normalized spacial score (nSPS) is 10.8. The summed E-state index contributed by atoms with van der Waals surface area (Å²) < 4.78 is 5.24. The molecule has 1 amide bonds. The zero-order valence-electron chi connectivity index (χ0n) is 15.0. The van der Waals surface area contributed by atoms with Crippen LogP contribution in [-0.2, 0) is 17.8 Å². The highest BCUT2D eigenvalue weighted by Crippen LogP contribution is 2.14. The fraction of sp³-hybridized carbons (Fsp3) is 0.333. The first-order valence-electron chi connectivity index (χ1n) is 8.06. The van der Waals surface area contributed by atoms with Gasteiger partial charge in [-0.3, -0.25) is 9.79 Å². The van der Waals surface area contributed by atoms with E-state index in [4.69, 9.17) is 10.5 Å². The first kappa shape index (κ1) is 22.2. The van der Waals surface area contributed by atoms with Crippen molar-refractivity contribution in [3.05, 3.63) is 51.7 Å². The summed E-state index contributed by atoms with van der Waals surface area (Å²) >= 11 is 1.78. The molecule has 0 radical (unpaired) electrons. The number of rotatable bonds is 8. The van der Waals surface area contributed by atoms with Gasteiger partial charge in [-0.2, -0.15) is 0 Å². The van der Waals surface area contributed by atoms with Gasteiger partial charge in [-0.1, -0.05) is 12.1 Å². The molecule has 0 saturated heterocycles. The molecule has 0 aliphatic heterocycles. The summed E-state index contributed by atoms with van der Waals surface area (Å²) in [6.45, 7) is 3.53. The summed E-state index contributed by atoms with van der Waals surface area (Å²) in [7, 11) is 1.76. The summed E-state index contributed by atoms with van der Waals surface area (Å²) in [6.07, 6.45) is 0.856. The lowest BCUT2D eigenvalue weighted by molar-refractivity contribution is -0.119. The van der Waals surface area contributed by atoms with Crippen LogP contribution in [0.15, 0.2) is 41.4 Å². The van der Waals surface area contributed by atoms with Crippen LogP contribution < -0.4 is 21.1 Å². The fourth-order valence-electron chi connectivity index (χ4n) is 2.20. The summed E-state index contributed by atoms with van der Waals surface area (Å²) in [6, 6.07) is 11.9. The molecular weight excluding hydrogens is 463 g/mol. The van der Waals surface area contributed by atoms with Crippen LogP contribution in [0.25, 0.3) is 0 Å². The number of aliphatic imine (C=N–C) groups is 1. The van der Waals surface area contributed by atoms with E-state index in [-0.39, 0.29) is 30.6 Å². The van der Waals surface area contributed by atoms with E-state index in [1.54, 1.807) is 18.4 Å². The molecule has 1 aromatic heterocycles. The van der Waals surface area contributed by atoms with Gasteiger partial charge in [0, 0.05) is 23.3 Å². The third kappa shape index (κ3) is 8.05. The van der Waals surface area contributed by atoms with Gasteiger partial charge >= 0.3 is 0 Å². The highest BCUT2D eigenvalue weighted by Gasteiger charge is 2.02. The number of thiophene rings is 1. The lowest BCUT2D eigenvalue weighted by Gasteiger charge is -2.11. The van der Waals surface area contributed by atoms with Gasteiger partial charge in [-0.25, -0.2) is 0 Å². The van der Waals surface area contributed by atoms with Gasteiger partial charge in [-0.05, 0) is 43.2 Å². The Hall–Kier alpha value is -1.81. The van der Waals surface area contributed by atoms with Crippen LogP contribution in [0.2, 0.25) is 0 Å². The Bertz CT molecular complexity index is 716. The summed E-state index contributed by atoms with van der Waals surface area (Å²) in [5, 5.41) is 6.61. The molecule has 0 bridgehead atoms. The van der Waals surface area contributed by atoms with Gasteiger partial charge < -0.3 is 21.1 Å². The van der Waals surface area contributed by atoms with Gasteiger partial charge in [0.2, 0.25) is 0 Å². The number of halogens is 1. The van der Waals surface area contributed by atoms with Gasteiger partial charge in [0.05, 0.1) is 6.54 Å². The summed E-state index contributed by atoms with van der Waals surface area (Å²) in [5.74, 6) is 0.941. The van der Waals surface area contributed by atoms with Crippen LogP contribution in [0.3, 0.4) is 0 Å². The molecule has 6 nitrogen and oxygen atoms in total. The molecule has 26 heavy (non-hydrogen) atoms. The fourth-order valence-corrected chi connectivity index (χ4v) is 3.03. The van der Waals surface area contributed by atoms with Crippen molar-refractivity contribution in [1.29, 1.82) is 0 Å². The Morgan fingerprint density at radius 2 is 1.92 bits per heavy atom. The molecule has 1 aromatic carbocycles. The number of nitrogens with one attached hydrogen (secondary N) is 2. The van der Waals surface area contributed by atoms with Crippen molar-refractivity contribution in [1.82, 2.24) is 10.6 Å². The lowest BCUT2D eigenvalue weighted by atomic mass is 10.1. The first-order valence-corrected chi connectivity index (χ1v) is 8.88. The predicted molar refractivity (Wildman–Crippen MR) is 118 cm³/mol. The number of carbonyl (C=O) groups excluding carboxylic acids is 1. The lowest BCUT2D eigenvalue weighted by Crippen LogP contribution is -2.37. The van der Waals surface area contributed by atoms with E-state index in [1.165, 1.54) is 15.3 Å². The van der Waals surface area contributed by atoms with E-state index in [0.717, 1.165) is 25.5 Å². The molecule has 0 unspecified atom stereocenters. The number of hydrogen-bond donors (Lipinski definition) is 3. The molecule has 0 aliphatic rings. The molecule has 4 N–H and O–H groups in total. The number of guanidine groups is 1. The molecule has 1 heterocycles. The third-order valence-electron chi connectivity index (χ3n) is 3.46. The predicted octanol–water partition coefficient (Wildman–Crippen LogP) is 2.45. The van der Waals surface area contributed by atoms with Gasteiger partial charge in [0.25, 0.3) is 5.91 Å². The van der Waals surface area contributed by atoms with Crippen LogP contribution in [0.1, 0.15) is 15.3 Å². The summed E-state index contributed by atoms with van der Waals surface area (Å²) in [5.41, 5.74) is 6.22. The number of ether oxygens (including phenoxy) is 1. The number of nitrogens with two attached hydrogens (primary N) is 1. The quantitative estimate of drug-likeness (QED) is 0.303. The number of primary amides is 1. The van der Waals surface area contributed by atoms with Crippen molar-refractivity contribution >= 4 is 47.2 Å². The van der Waals surface area contributed by atoms with Crippen LogP contribution in [0.4, 0.5) is 0 Å². The molecular formula is C18H25IN4O2S. The number of nitrogens with zero attached hydrogens (tertiary/aromatic N) is 1. The van der Waals surface area contributed by atoms with E-state index in [2.05, 4.69) is 34.7 Å². The molecule has 0 aliphatic carbocycles. The maximum atomic E-state index is 10.7. The van der Waals surface area contributed by atoms with E-state index in [0.29, 0.717) is 5.75 Å². The molecule has 2 aromatic rings. The van der Waals surface area contributed by atoms with Crippen molar-refractivity contribution in [3.8, 4) is 5.75 Å². The average molecular weight is 488 g/mol. The van der Waals surface area contributed by atoms with E-state index < -0.39 is 5.91 Å². The van der Waals surface area contributed by atoms with Gasteiger partial charge in [0.1, 0.15) is 5.75 Å². The minimum Gasteiger partial charge on any atom is -0.484 e. The number of hydrogen-bond acceptors (Lipinski definition) is 4. The summed E-state index contributed by atoms with van der Waals surface area (Å²) in [4.78, 5) is 17.5. The monoisotopic (exact) mass is 488 g/mol. The highest BCUT2D eigenvalue weighted by atomic mass is 127. The number of carbonyl (C=O) groups is 1. The van der Waals surface area contributed by atoms with Crippen molar-refractivity contribution < 1.29 is 9.53 Å². The second-order valence-electron chi connectivity index (χ2n) is 5.51. The maximum absolute atomic E-state index is 10.7. The van der Waals surface area contributed by atoms with E-state index in [9.17, 15) is 4.79 Å². The first-order chi connectivity index (χ1) is 12.1. The van der Waals surface area contributed by atoms with Crippen LogP contribution in [-0.4, -0.2) is 32.1 Å². The Morgan fingerprint density at radius 1 is 1.19 bits per heavy atom. The zero-order chi connectivity index (χ0) is 18.1. The second kappa shape index (κ2) is 11.7.